The van der Waals surface area contributed by atoms with Crippen molar-refractivity contribution in [1.82, 2.24) is 0 Å². The molecule has 1 nitrogen and oxygen atoms in total. The van der Waals surface area contributed by atoms with Gasteiger partial charge >= 0.3 is 0 Å². The second-order valence-electron chi connectivity index (χ2n) is 4.42. The predicted molar refractivity (Wildman–Crippen MR) is 76.1 cm³/mol. The second-order valence-corrected chi connectivity index (χ2v) is 5.27. The van der Waals surface area contributed by atoms with E-state index in [2.05, 4.69) is 66.2 Å². The largest absolute Gasteiger partial charge is 0.320 e. The van der Waals surface area contributed by atoms with E-state index in [9.17, 15) is 0 Å². The summed E-state index contributed by atoms with van der Waals surface area (Å²) in [4.78, 5) is 0. The summed E-state index contributed by atoms with van der Waals surface area (Å²) in [5.74, 6) is 0. The number of benzene rings is 2. The summed E-state index contributed by atoms with van der Waals surface area (Å²) >= 11 is 3.57. The lowest BCUT2D eigenvalue weighted by atomic mass is 9.97. The van der Waals surface area contributed by atoms with Crippen LogP contribution in [0.25, 0.3) is 0 Å². The van der Waals surface area contributed by atoms with Gasteiger partial charge in [-0.3, -0.25) is 0 Å². The van der Waals surface area contributed by atoms with Gasteiger partial charge in [-0.15, -0.1) is 0 Å². The highest BCUT2D eigenvalue weighted by atomic mass is 79.9. The average Bonchev–Trinajstić information content (AvgIpc) is 2.31. The van der Waals surface area contributed by atoms with E-state index < -0.39 is 0 Å². The van der Waals surface area contributed by atoms with E-state index in [1.807, 2.05) is 6.07 Å². The fourth-order valence-corrected chi connectivity index (χ4v) is 2.44. The highest BCUT2D eigenvalue weighted by molar-refractivity contribution is 9.10. The van der Waals surface area contributed by atoms with E-state index in [4.69, 9.17) is 5.73 Å². The van der Waals surface area contributed by atoms with Gasteiger partial charge in [0.1, 0.15) is 0 Å². The first-order valence-corrected chi connectivity index (χ1v) is 6.45. The SMILES string of the molecule is Cc1cccc(C(N)c2cc(C)ccc2Br)c1. The molecule has 1 atom stereocenters. The summed E-state index contributed by atoms with van der Waals surface area (Å²) in [5, 5.41) is 0. The third kappa shape index (κ3) is 2.76. The van der Waals surface area contributed by atoms with Crippen LogP contribution in [0.2, 0.25) is 0 Å². The van der Waals surface area contributed by atoms with Gasteiger partial charge < -0.3 is 5.73 Å². The van der Waals surface area contributed by atoms with Crippen LogP contribution in [0.4, 0.5) is 0 Å². The molecule has 2 N–H and O–H groups in total. The highest BCUT2D eigenvalue weighted by Crippen LogP contribution is 2.28. The summed E-state index contributed by atoms with van der Waals surface area (Å²) in [7, 11) is 0. The van der Waals surface area contributed by atoms with Gasteiger partial charge in [-0.1, -0.05) is 63.5 Å². The van der Waals surface area contributed by atoms with Crippen LogP contribution in [0.5, 0.6) is 0 Å². The third-order valence-electron chi connectivity index (χ3n) is 2.89. The Morgan fingerprint density at radius 2 is 1.71 bits per heavy atom. The number of hydrogen-bond donors (Lipinski definition) is 1. The molecule has 2 aromatic carbocycles. The molecule has 0 radical (unpaired) electrons. The van der Waals surface area contributed by atoms with Gasteiger partial charge in [0.15, 0.2) is 0 Å². The molecule has 2 aromatic rings. The van der Waals surface area contributed by atoms with Gasteiger partial charge in [0.05, 0.1) is 6.04 Å². The van der Waals surface area contributed by atoms with Crippen molar-refractivity contribution in [3.63, 3.8) is 0 Å². The van der Waals surface area contributed by atoms with Crippen LogP contribution >= 0.6 is 15.9 Å². The molecule has 0 saturated carbocycles. The summed E-state index contributed by atoms with van der Waals surface area (Å²) in [6.45, 7) is 4.17. The van der Waals surface area contributed by atoms with Gasteiger partial charge in [-0.2, -0.15) is 0 Å². The summed E-state index contributed by atoms with van der Waals surface area (Å²) < 4.78 is 1.07. The van der Waals surface area contributed by atoms with Crippen LogP contribution < -0.4 is 5.73 Å². The van der Waals surface area contributed by atoms with Gasteiger partial charge in [-0.25, -0.2) is 0 Å². The number of rotatable bonds is 2. The number of nitrogens with two attached hydrogens (primary N) is 1. The smallest absolute Gasteiger partial charge is 0.0563 e. The number of halogens is 1. The monoisotopic (exact) mass is 289 g/mol. The van der Waals surface area contributed by atoms with Crippen LogP contribution in [0.15, 0.2) is 46.9 Å². The Kier molecular flexibility index (Phi) is 3.65. The zero-order chi connectivity index (χ0) is 12.4. The molecule has 0 bridgehead atoms. The Labute approximate surface area is 111 Å². The minimum Gasteiger partial charge on any atom is -0.320 e. The number of aryl methyl sites for hydroxylation is 2. The standard InChI is InChI=1S/C15H16BrN/c1-10-4-3-5-12(8-10)15(17)13-9-11(2)6-7-14(13)16/h3-9,15H,17H2,1-2H3. The Balaban J connectivity index is 2.43. The summed E-state index contributed by atoms with van der Waals surface area (Å²) in [5.41, 5.74) is 11.1. The molecule has 0 aromatic heterocycles. The molecular weight excluding hydrogens is 274 g/mol. The van der Waals surface area contributed by atoms with E-state index in [0.29, 0.717) is 0 Å². The molecule has 2 heteroatoms. The average molecular weight is 290 g/mol. The molecule has 0 aliphatic carbocycles. The van der Waals surface area contributed by atoms with Crippen molar-refractivity contribution < 1.29 is 0 Å². The molecule has 0 aliphatic heterocycles. The van der Waals surface area contributed by atoms with Crippen LogP contribution in [-0.4, -0.2) is 0 Å². The lowest BCUT2D eigenvalue weighted by Gasteiger charge is -2.15. The summed E-state index contributed by atoms with van der Waals surface area (Å²) in [6, 6.07) is 14.5. The van der Waals surface area contributed by atoms with Crippen molar-refractivity contribution in [2.45, 2.75) is 19.9 Å². The van der Waals surface area contributed by atoms with E-state index in [0.717, 1.165) is 15.6 Å². The fraction of sp³-hybridized carbons (Fsp3) is 0.200. The molecule has 0 spiro atoms. The molecule has 1 unspecified atom stereocenters. The number of hydrogen-bond acceptors (Lipinski definition) is 1. The molecule has 17 heavy (non-hydrogen) atoms. The Hall–Kier alpha value is -1.12. The summed E-state index contributed by atoms with van der Waals surface area (Å²) in [6.07, 6.45) is 0. The predicted octanol–water partition coefficient (Wildman–Crippen LogP) is 4.11. The first-order chi connectivity index (χ1) is 8.08. The lowest BCUT2D eigenvalue weighted by Crippen LogP contribution is -2.12. The molecule has 0 aliphatic rings. The molecule has 0 heterocycles. The maximum absolute atomic E-state index is 6.32. The molecular formula is C15H16BrN. The minimum atomic E-state index is -0.0795. The van der Waals surface area contributed by atoms with Crippen LogP contribution in [0, 0.1) is 13.8 Å². The van der Waals surface area contributed by atoms with Gasteiger partial charge in [0.25, 0.3) is 0 Å². The van der Waals surface area contributed by atoms with E-state index in [1.54, 1.807) is 0 Å². The quantitative estimate of drug-likeness (QED) is 0.884. The Morgan fingerprint density at radius 3 is 2.41 bits per heavy atom. The van der Waals surface area contributed by atoms with Crippen molar-refractivity contribution in [1.29, 1.82) is 0 Å². The Morgan fingerprint density at radius 1 is 1.00 bits per heavy atom. The first kappa shape index (κ1) is 12.3. The van der Waals surface area contributed by atoms with Crippen molar-refractivity contribution in [3.05, 3.63) is 69.2 Å². The molecule has 88 valence electrons. The highest BCUT2D eigenvalue weighted by Gasteiger charge is 2.12. The zero-order valence-electron chi connectivity index (χ0n) is 10.1. The maximum atomic E-state index is 6.32. The lowest BCUT2D eigenvalue weighted by molar-refractivity contribution is 0.862. The second kappa shape index (κ2) is 5.03. The van der Waals surface area contributed by atoms with Crippen LogP contribution in [-0.2, 0) is 0 Å². The van der Waals surface area contributed by atoms with Crippen molar-refractivity contribution >= 4 is 15.9 Å². The topological polar surface area (TPSA) is 26.0 Å². The molecule has 0 fully saturated rings. The van der Waals surface area contributed by atoms with E-state index in [-0.39, 0.29) is 6.04 Å². The Bertz CT molecular complexity index is 534. The van der Waals surface area contributed by atoms with Gasteiger partial charge in [0, 0.05) is 4.47 Å². The van der Waals surface area contributed by atoms with E-state index >= 15 is 0 Å². The van der Waals surface area contributed by atoms with Crippen molar-refractivity contribution in [2.24, 2.45) is 5.73 Å². The maximum Gasteiger partial charge on any atom is 0.0563 e. The zero-order valence-corrected chi connectivity index (χ0v) is 11.7. The van der Waals surface area contributed by atoms with Crippen LogP contribution in [0.3, 0.4) is 0 Å². The molecule has 0 amide bonds. The van der Waals surface area contributed by atoms with Gasteiger partial charge in [0.2, 0.25) is 0 Å². The van der Waals surface area contributed by atoms with E-state index in [1.165, 1.54) is 11.1 Å². The molecule has 0 saturated heterocycles. The molecule has 2 rings (SSSR count). The van der Waals surface area contributed by atoms with Gasteiger partial charge in [-0.05, 0) is 31.0 Å². The normalized spacial score (nSPS) is 12.5. The van der Waals surface area contributed by atoms with Crippen molar-refractivity contribution in [2.75, 3.05) is 0 Å². The first-order valence-electron chi connectivity index (χ1n) is 5.66. The van der Waals surface area contributed by atoms with Crippen molar-refractivity contribution in [3.8, 4) is 0 Å². The third-order valence-corrected chi connectivity index (χ3v) is 3.61. The fourth-order valence-electron chi connectivity index (χ4n) is 1.94. The van der Waals surface area contributed by atoms with Crippen LogP contribution in [0.1, 0.15) is 28.3 Å². The minimum absolute atomic E-state index is 0.0795.